The molecule has 0 bridgehead atoms. The van der Waals surface area contributed by atoms with E-state index in [1.165, 1.54) is 0 Å². The Bertz CT molecular complexity index is 730. The summed E-state index contributed by atoms with van der Waals surface area (Å²) in [4.78, 5) is 30.0. The predicted molar refractivity (Wildman–Crippen MR) is 96.8 cm³/mol. The highest BCUT2D eigenvalue weighted by molar-refractivity contribution is 5.76. The molecule has 2 heterocycles. The molecule has 2 aromatic rings. The molecular weight excluding hydrogens is 334 g/mol. The fourth-order valence-electron chi connectivity index (χ4n) is 3.10. The quantitative estimate of drug-likeness (QED) is 0.830. The molecular formula is C19H25N3O4. The third-order valence-electron chi connectivity index (χ3n) is 4.41. The van der Waals surface area contributed by atoms with Gasteiger partial charge >= 0.3 is 12.0 Å². The number of para-hydroxylation sites is 2. The molecule has 26 heavy (non-hydrogen) atoms. The van der Waals surface area contributed by atoms with E-state index in [2.05, 4.69) is 10.3 Å². The topological polar surface area (TPSA) is 84.7 Å². The highest BCUT2D eigenvalue weighted by Gasteiger charge is 2.27. The zero-order valence-corrected chi connectivity index (χ0v) is 15.2. The number of carbonyl (C=O) groups excluding carboxylic acids is 2. The Morgan fingerprint density at radius 3 is 2.73 bits per heavy atom. The van der Waals surface area contributed by atoms with Crippen LogP contribution in [0.5, 0.6) is 0 Å². The first-order chi connectivity index (χ1) is 12.5. The number of oxazole rings is 1. The maximum Gasteiger partial charge on any atom is 0.317 e. The van der Waals surface area contributed by atoms with Gasteiger partial charge in [0.25, 0.3) is 0 Å². The van der Waals surface area contributed by atoms with E-state index in [-0.39, 0.29) is 37.0 Å². The SMILES string of the molecule is CC(C)OC(=O)CCNC(=O)N1CCC(c2nc3ccccc3o2)CC1. The molecule has 0 radical (unpaired) electrons. The Labute approximate surface area is 152 Å². The Morgan fingerprint density at radius 2 is 2.04 bits per heavy atom. The number of ether oxygens (including phenoxy) is 1. The molecule has 1 aromatic carbocycles. The first-order valence-electron chi connectivity index (χ1n) is 9.10. The first-order valence-corrected chi connectivity index (χ1v) is 9.10. The Balaban J connectivity index is 1.44. The summed E-state index contributed by atoms with van der Waals surface area (Å²) in [5.74, 6) is 0.685. The molecule has 0 spiro atoms. The normalized spacial score (nSPS) is 15.4. The second-order valence-electron chi connectivity index (χ2n) is 6.80. The highest BCUT2D eigenvalue weighted by Crippen LogP contribution is 2.29. The van der Waals surface area contributed by atoms with Crippen molar-refractivity contribution in [2.24, 2.45) is 0 Å². The van der Waals surface area contributed by atoms with E-state index in [0.717, 1.165) is 29.8 Å². The number of esters is 1. The van der Waals surface area contributed by atoms with E-state index >= 15 is 0 Å². The van der Waals surface area contributed by atoms with Crippen molar-refractivity contribution in [2.45, 2.75) is 45.1 Å². The maximum absolute atomic E-state index is 12.2. The van der Waals surface area contributed by atoms with Gasteiger partial charge in [0.2, 0.25) is 0 Å². The van der Waals surface area contributed by atoms with Crippen molar-refractivity contribution in [3.63, 3.8) is 0 Å². The molecule has 0 atom stereocenters. The first kappa shape index (κ1) is 18.2. The summed E-state index contributed by atoms with van der Waals surface area (Å²) in [6, 6.07) is 7.59. The molecule has 3 rings (SSSR count). The van der Waals surface area contributed by atoms with Gasteiger partial charge in [-0.15, -0.1) is 0 Å². The van der Waals surface area contributed by atoms with Crippen molar-refractivity contribution in [3.05, 3.63) is 30.2 Å². The molecule has 2 amide bonds. The maximum atomic E-state index is 12.2. The fourth-order valence-corrected chi connectivity index (χ4v) is 3.10. The summed E-state index contributed by atoms with van der Waals surface area (Å²) in [6.45, 7) is 5.18. The van der Waals surface area contributed by atoms with Crippen molar-refractivity contribution in [3.8, 4) is 0 Å². The van der Waals surface area contributed by atoms with Crippen LogP contribution in [0.1, 0.15) is 44.9 Å². The van der Waals surface area contributed by atoms with Crippen LogP contribution >= 0.6 is 0 Å². The lowest BCUT2D eigenvalue weighted by molar-refractivity contribution is -0.147. The molecule has 7 heteroatoms. The van der Waals surface area contributed by atoms with Crippen molar-refractivity contribution >= 4 is 23.1 Å². The van der Waals surface area contributed by atoms with Gasteiger partial charge in [-0.3, -0.25) is 4.79 Å². The van der Waals surface area contributed by atoms with Crippen LogP contribution in [0.3, 0.4) is 0 Å². The number of hydrogen-bond acceptors (Lipinski definition) is 5. The summed E-state index contributed by atoms with van der Waals surface area (Å²) in [5.41, 5.74) is 1.67. The van der Waals surface area contributed by atoms with Crippen LogP contribution in [0.2, 0.25) is 0 Å². The molecule has 140 valence electrons. The van der Waals surface area contributed by atoms with Gasteiger partial charge in [0.15, 0.2) is 11.5 Å². The minimum Gasteiger partial charge on any atom is -0.463 e. The van der Waals surface area contributed by atoms with Gasteiger partial charge in [0, 0.05) is 25.6 Å². The van der Waals surface area contributed by atoms with Crippen LogP contribution in [0.4, 0.5) is 4.79 Å². The zero-order chi connectivity index (χ0) is 18.5. The van der Waals surface area contributed by atoms with Gasteiger partial charge in [-0.25, -0.2) is 9.78 Å². The number of likely N-dealkylation sites (tertiary alicyclic amines) is 1. The van der Waals surface area contributed by atoms with Crippen LogP contribution < -0.4 is 5.32 Å². The Hall–Kier alpha value is -2.57. The lowest BCUT2D eigenvalue weighted by atomic mass is 9.97. The molecule has 0 unspecified atom stereocenters. The largest absolute Gasteiger partial charge is 0.463 e. The number of amides is 2. The van der Waals surface area contributed by atoms with Gasteiger partial charge in [0.1, 0.15) is 5.52 Å². The van der Waals surface area contributed by atoms with E-state index in [9.17, 15) is 9.59 Å². The molecule has 1 fully saturated rings. The summed E-state index contributed by atoms with van der Waals surface area (Å²) in [7, 11) is 0. The number of aromatic nitrogens is 1. The number of nitrogens with zero attached hydrogens (tertiary/aromatic N) is 2. The molecule has 1 aliphatic rings. The van der Waals surface area contributed by atoms with E-state index < -0.39 is 0 Å². The van der Waals surface area contributed by atoms with Crippen molar-refractivity contribution in [1.82, 2.24) is 15.2 Å². The summed E-state index contributed by atoms with van der Waals surface area (Å²) < 4.78 is 10.9. The fraction of sp³-hybridized carbons (Fsp3) is 0.526. The summed E-state index contributed by atoms with van der Waals surface area (Å²) >= 11 is 0. The average molecular weight is 359 g/mol. The molecule has 1 aliphatic heterocycles. The minimum absolute atomic E-state index is 0.135. The monoisotopic (exact) mass is 359 g/mol. The molecule has 1 N–H and O–H groups in total. The average Bonchev–Trinajstić information content (AvgIpc) is 3.05. The molecule has 0 aliphatic carbocycles. The van der Waals surface area contributed by atoms with Crippen LogP contribution in [0, 0.1) is 0 Å². The summed E-state index contributed by atoms with van der Waals surface area (Å²) in [6.07, 6.45) is 1.68. The molecule has 7 nitrogen and oxygen atoms in total. The number of rotatable bonds is 5. The van der Waals surface area contributed by atoms with E-state index in [4.69, 9.17) is 9.15 Å². The number of carbonyl (C=O) groups is 2. The van der Waals surface area contributed by atoms with Gasteiger partial charge in [-0.05, 0) is 38.8 Å². The molecule has 1 saturated heterocycles. The van der Waals surface area contributed by atoms with Gasteiger partial charge in [-0.2, -0.15) is 0 Å². The lowest BCUT2D eigenvalue weighted by Crippen LogP contribution is -2.44. The number of piperidine rings is 1. The van der Waals surface area contributed by atoms with Gasteiger partial charge < -0.3 is 19.4 Å². The van der Waals surface area contributed by atoms with E-state index in [1.807, 2.05) is 24.3 Å². The van der Waals surface area contributed by atoms with Gasteiger partial charge in [0.05, 0.1) is 12.5 Å². The van der Waals surface area contributed by atoms with Gasteiger partial charge in [-0.1, -0.05) is 12.1 Å². The highest BCUT2D eigenvalue weighted by atomic mass is 16.5. The molecule has 0 saturated carbocycles. The Kier molecular flexibility index (Phi) is 5.75. The van der Waals surface area contributed by atoms with Crippen molar-refractivity contribution < 1.29 is 18.7 Å². The van der Waals surface area contributed by atoms with Crippen molar-refractivity contribution in [2.75, 3.05) is 19.6 Å². The van der Waals surface area contributed by atoms with Crippen LogP contribution in [0.15, 0.2) is 28.7 Å². The van der Waals surface area contributed by atoms with Crippen LogP contribution in [-0.2, 0) is 9.53 Å². The predicted octanol–water partition coefficient (Wildman–Crippen LogP) is 3.06. The van der Waals surface area contributed by atoms with Crippen LogP contribution in [0.25, 0.3) is 11.1 Å². The van der Waals surface area contributed by atoms with Crippen LogP contribution in [-0.4, -0.2) is 47.6 Å². The summed E-state index contributed by atoms with van der Waals surface area (Å²) in [5, 5.41) is 2.78. The minimum atomic E-state index is -0.296. The number of benzene rings is 1. The van der Waals surface area contributed by atoms with Crippen molar-refractivity contribution in [1.29, 1.82) is 0 Å². The number of hydrogen-bond donors (Lipinski definition) is 1. The van der Waals surface area contributed by atoms with E-state index in [1.54, 1.807) is 18.7 Å². The standard InChI is InChI=1S/C19H25N3O4/c1-13(2)25-17(23)7-10-20-19(24)22-11-8-14(9-12-22)18-21-15-5-3-4-6-16(15)26-18/h3-6,13-14H,7-12H2,1-2H3,(H,20,24). The molecule has 1 aromatic heterocycles. The lowest BCUT2D eigenvalue weighted by Gasteiger charge is -2.30. The zero-order valence-electron chi connectivity index (χ0n) is 15.2. The number of nitrogens with one attached hydrogen (secondary N) is 1. The second kappa shape index (κ2) is 8.21. The third kappa shape index (κ3) is 4.53. The number of fused-ring (bicyclic) bond motifs is 1. The second-order valence-corrected chi connectivity index (χ2v) is 6.80. The Morgan fingerprint density at radius 1 is 1.31 bits per heavy atom. The number of urea groups is 1. The smallest absolute Gasteiger partial charge is 0.317 e. The third-order valence-corrected chi connectivity index (χ3v) is 4.41. The van der Waals surface area contributed by atoms with E-state index in [0.29, 0.717) is 13.1 Å².